The third-order valence-corrected chi connectivity index (χ3v) is 4.64. The van der Waals surface area contributed by atoms with Gasteiger partial charge in [-0.15, -0.1) is 11.3 Å². The van der Waals surface area contributed by atoms with Gasteiger partial charge in [-0.05, 0) is 11.4 Å². The van der Waals surface area contributed by atoms with Gasteiger partial charge in [0.15, 0.2) is 5.82 Å². The minimum absolute atomic E-state index is 0.448. The predicted molar refractivity (Wildman–Crippen MR) is 63.5 cm³/mol. The van der Waals surface area contributed by atoms with Gasteiger partial charge in [0.25, 0.3) is 0 Å². The smallest absolute Gasteiger partial charge is 0.235 e. The largest absolute Gasteiger partial charge is 0.308 e. The molecule has 86 valence electrons. The summed E-state index contributed by atoms with van der Waals surface area (Å²) in [6.07, 6.45) is 2.93. The lowest BCUT2D eigenvalue weighted by Crippen LogP contribution is -2.28. The van der Waals surface area contributed by atoms with Crippen molar-refractivity contribution in [3.63, 3.8) is 0 Å². The molecule has 0 bridgehead atoms. The van der Waals surface area contributed by atoms with Crippen LogP contribution in [0, 0.1) is 0 Å². The van der Waals surface area contributed by atoms with Crippen molar-refractivity contribution < 1.29 is 8.42 Å². The zero-order valence-corrected chi connectivity index (χ0v) is 10.5. The van der Waals surface area contributed by atoms with E-state index in [4.69, 9.17) is 0 Å². The Kier molecular flexibility index (Phi) is 2.83. The maximum Gasteiger partial charge on any atom is 0.308 e. The molecule has 0 amide bonds. The number of rotatable bonds is 3. The Hall–Kier alpha value is -1.18. The average molecular weight is 257 g/mol. The summed E-state index contributed by atoms with van der Waals surface area (Å²) in [5.74, 6) is 0.448. The van der Waals surface area contributed by atoms with Crippen LogP contribution >= 0.6 is 11.3 Å². The maximum atomic E-state index is 12.0. The minimum Gasteiger partial charge on any atom is -0.235 e. The zero-order valence-electron chi connectivity index (χ0n) is 8.86. The van der Waals surface area contributed by atoms with Crippen molar-refractivity contribution in [3.8, 4) is 10.7 Å². The van der Waals surface area contributed by atoms with Crippen molar-refractivity contribution in [3.05, 3.63) is 29.9 Å². The van der Waals surface area contributed by atoms with Gasteiger partial charge >= 0.3 is 10.2 Å². The molecule has 0 aromatic carbocycles. The highest BCUT2D eigenvalue weighted by Crippen LogP contribution is 2.24. The number of aromatic nitrogens is 2. The number of nitrogens with zero attached hydrogens (tertiary/aromatic N) is 3. The molecule has 0 saturated heterocycles. The first-order chi connectivity index (χ1) is 7.53. The van der Waals surface area contributed by atoms with Crippen molar-refractivity contribution >= 4 is 21.5 Å². The molecule has 7 heteroatoms. The van der Waals surface area contributed by atoms with Gasteiger partial charge in [0, 0.05) is 26.5 Å². The molecule has 16 heavy (non-hydrogen) atoms. The molecule has 2 heterocycles. The molecule has 0 aliphatic carbocycles. The monoisotopic (exact) mass is 257 g/mol. The van der Waals surface area contributed by atoms with Crippen LogP contribution in [0.25, 0.3) is 10.7 Å². The summed E-state index contributed by atoms with van der Waals surface area (Å²) in [7, 11) is -0.509. The summed E-state index contributed by atoms with van der Waals surface area (Å²) in [4.78, 5) is 4.90. The molecule has 0 aliphatic heterocycles. The normalized spacial score (nSPS) is 12.2. The lowest BCUT2D eigenvalue weighted by atomic mass is 10.4. The molecule has 0 atom stereocenters. The second-order valence-corrected chi connectivity index (χ2v) is 6.28. The Morgan fingerprint density at radius 2 is 2.19 bits per heavy atom. The SMILES string of the molecule is CN(C)S(=O)(=O)n1ccnc1-c1cccs1. The summed E-state index contributed by atoms with van der Waals surface area (Å²) in [5.41, 5.74) is 0. The van der Waals surface area contributed by atoms with Crippen LogP contribution < -0.4 is 0 Å². The molecule has 0 fully saturated rings. The molecular weight excluding hydrogens is 246 g/mol. The summed E-state index contributed by atoms with van der Waals surface area (Å²) < 4.78 is 26.3. The fourth-order valence-electron chi connectivity index (χ4n) is 1.23. The first-order valence-electron chi connectivity index (χ1n) is 4.54. The van der Waals surface area contributed by atoms with Crippen LogP contribution in [0.3, 0.4) is 0 Å². The van der Waals surface area contributed by atoms with Crippen LogP contribution in [0.4, 0.5) is 0 Å². The van der Waals surface area contributed by atoms with Gasteiger partial charge < -0.3 is 0 Å². The summed E-state index contributed by atoms with van der Waals surface area (Å²) in [6, 6.07) is 3.70. The number of hydrogen-bond donors (Lipinski definition) is 0. The molecule has 0 aliphatic rings. The van der Waals surface area contributed by atoms with Gasteiger partial charge in [-0.2, -0.15) is 12.7 Å². The topological polar surface area (TPSA) is 55.2 Å². The Morgan fingerprint density at radius 1 is 1.44 bits per heavy atom. The lowest BCUT2D eigenvalue weighted by molar-refractivity contribution is 0.511. The molecule has 0 saturated carbocycles. The fourth-order valence-corrected chi connectivity index (χ4v) is 2.93. The molecule has 0 radical (unpaired) electrons. The van der Waals surface area contributed by atoms with Crippen LogP contribution in [-0.4, -0.2) is 35.8 Å². The number of hydrogen-bond acceptors (Lipinski definition) is 4. The Balaban J connectivity index is 2.57. The number of thiophene rings is 1. The van der Waals surface area contributed by atoms with E-state index >= 15 is 0 Å². The van der Waals surface area contributed by atoms with Gasteiger partial charge in [-0.1, -0.05) is 6.07 Å². The first-order valence-corrected chi connectivity index (χ1v) is 6.81. The Morgan fingerprint density at radius 3 is 2.75 bits per heavy atom. The Labute approximate surface area is 98.2 Å². The van der Waals surface area contributed by atoms with Crippen molar-refractivity contribution in [2.24, 2.45) is 0 Å². The van der Waals surface area contributed by atoms with Gasteiger partial charge in [-0.25, -0.2) is 8.96 Å². The van der Waals surface area contributed by atoms with Crippen LogP contribution in [0.5, 0.6) is 0 Å². The molecule has 2 rings (SSSR count). The van der Waals surface area contributed by atoms with E-state index in [-0.39, 0.29) is 0 Å². The molecule has 2 aromatic rings. The Bertz CT molecular complexity index is 570. The highest BCUT2D eigenvalue weighted by molar-refractivity contribution is 7.87. The van der Waals surface area contributed by atoms with Crippen LogP contribution in [0.15, 0.2) is 29.9 Å². The van der Waals surface area contributed by atoms with Gasteiger partial charge in [0.2, 0.25) is 0 Å². The van der Waals surface area contributed by atoms with Gasteiger partial charge in [0.05, 0.1) is 4.88 Å². The van der Waals surface area contributed by atoms with E-state index in [0.717, 1.165) is 9.18 Å². The second-order valence-electron chi connectivity index (χ2n) is 3.31. The quantitative estimate of drug-likeness (QED) is 0.832. The molecule has 5 nitrogen and oxygen atoms in total. The minimum atomic E-state index is -3.50. The third kappa shape index (κ3) is 1.77. The van der Waals surface area contributed by atoms with E-state index in [9.17, 15) is 8.42 Å². The molecule has 2 aromatic heterocycles. The molecular formula is C9H11N3O2S2. The van der Waals surface area contributed by atoms with Crippen molar-refractivity contribution in [1.29, 1.82) is 0 Å². The summed E-state index contributed by atoms with van der Waals surface area (Å²) in [5, 5.41) is 1.89. The van der Waals surface area contributed by atoms with Gasteiger partial charge in [0.1, 0.15) is 0 Å². The predicted octanol–water partition coefficient (Wildman–Crippen LogP) is 1.27. The lowest BCUT2D eigenvalue weighted by Gasteiger charge is -2.13. The van der Waals surface area contributed by atoms with E-state index < -0.39 is 10.2 Å². The summed E-state index contributed by atoms with van der Waals surface area (Å²) in [6.45, 7) is 0. The fraction of sp³-hybridized carbons (Fsp3) is 0.222. The first kappa shape index (κ1) is 11.3. The molecule has 0 N–H and O–H groups in total. The zero-order chi connectivity index (χ0) is 11.8. The van der Waals surface area contributed by atoms with Crippen molar-refractivity contribution in [2.75, 3.05) is 14.1 Å². The van der Waals surface area contributed by atoms with E-state index in [0.29, 0.717) is 5.82 Å². The van der Waals surface area contributed by atoms with E-state index in [1.165, 1.54) is 41.8 Å². The van der Waals surface area contributed by atoms with E-state index in [1.807, 2.05) is 17.5 Å². The standard InChI is InChI=1S/C9H11N3O2S2/c1-11(2)16(13,14)12-6-5-10-9(12)8-4-3-7-15-8/h3-7H,1-2H3. The van der Waals surface area contributed by atoms with E-state index in [2.05, 4.69) is 4.98 Å². The summed E-state index contributed by atoms with van der Waals surface area (Å²) >= 11 is 1.46. The maximum absolute atomic E-state index is 12.0. The third-order valence-electron chi connectivity index (χ3n) is 2.06. The van der Waals surface area contributed by atoms with Crippen molar-refractivity contribution in [2.45, 2.75) is 0 Å². The van der Waals surface area contributed by atoms with Crippen LogP contribution in [0.1, 0.15) is 0 Å². The average Bonchev–Trinajstić information content (AvgIpc) is 2.88. The highest BCUT2D eigenvalue weighted by atomic mass is 32.2. The second kappa shape index (κ2) is 4.00. The van der Waals surface area contributed by atoms with Crippen LogP contribution in [-0.2, 0) is 10.2 Å². The van der Waals surface area contributed by atoms with E-state index in [1.54, 1.807) is 0 Å². The molecule has 0 unspecified atom stereocenters. The van der Waals surface area contributed by atoms with Crippen molar-refractivity contribution in [1.82, 2.24) is 13.3 Å². The van der Waals surface area contributed by atoms with Gasteiger partial charge in [-0.3, -0.25) is 0 Å². The number of imidazole rings is 1. The van der Waals surface area contributed by atoms with Crippen LogP contribution in [0.2, 0.25) is 0 Å². The highest BCUT2D eigenvalue weighted by Gasteiger charge is 2.20. The molecule has 0 spiro atoms.